The van der Waals surface area contributed by atoms with Gasteiger partial charge in [0.2, 0.25) is 0 Å². The van der Waals surface area contributed by atoms with Gasteiger partial charge in [-0.05, 0) is 67.6 Å². The summed E-state index contributed by atoms with van der Waals surface area (Å²) < 4.78 is 46.7. The van der Waals surface area contributed by atoms with Crippen LogP contribution in [-0.2, 0) is 33.4 Å². The van der Waals surface area contributed by atoms with E-state index in [1.54, 1.807) is 41.0 Å². The minimum Gasteiger partial charge on any atom is -0.370 e. The highest BCUT2D eigenvalue weighted by Crippen LogP contribution is 2.41. The van der Waals surface area contributed by atoms with Gasteiger partial charge >= 0.3 is 6.18 Å². The Hall–Kier alpha value is -4.26. The lowest BCUT2D eigenvalue weighted by molar-refractivity contribution is -0.138. The number of benzene rings is 1. The van der Waals surface area contributed by atoms with Crippen LogP contribution in [0, 0.1) is 5.92 Å². The number of anilines is 2. The van der Waals surface area contributed by atoms with E-state index in [2.05, 4.69) is 37.4 Å². The number of carbonyl (C=O) groups is 1. The summed E-state index contributed by atoms with van der Waals surface area (Å²) in [5.41, 5.74) is 1.89. The maximum Gasteiger partial charge on any atom is 0.416 e. The second-order valence-corrected chi connectivity index (χ2v) is 11.5. The van der Waals surface area contributed by atoms with E-state index in [0.717, 1.165) is 25.9 Å². The van der Waals surface area contributed by atoms with Crippen molar-refractivity contribution >= 4 is 17.5 Å². The van der Waals surface area contributed by atoms with E-state index in [9.17, 15) is 18.0 Å². The molecule has 43 heavy (non-hydrogen) atoms. The fraction of sp³-hybridized carbons (Fsp3) is 0.433. The van der Waals surface area contributed by atoms with E-state index in [4.69, 9.17) is 0 Å². The predicted molar refractivity (Wildman–Crippen MR) is 156 cm³/mol. The number of fused-ring (bicyclic) bond motifs is 1. The molecule has 1 N–H and O–H groups in total. The van der Waals surface area contributed by atoms with Crippen LogP contribution in [0.15, 0.2) is 36.8 Å². The lowest BCUT2D eigenvalue weighted by atomic mass is 9.96. The summed E-state index contributed by atoms with van der Waals surface area (Å²) >= 11 is 0. The van der Waals surface area contributed by atoms with Crippen molar-refractivity contribution in [1.29, 1.82) is 0 Å². The fourth-order valence-electron chi connectivity index (χ4n) is 6.22. The Morgan fingerprint density at radius 3 is 2.63 bits per heavy atom. The molecule has 226 valence electrons. The monoisotopic (exact) mass is 593 g/mol. The highest BCUT2D eigenvalue weighted by Gasteiger charge is 2.41. The summed E-state index contributed by atoms with van der Waals surface area (Å²) in [4.78, 5) is 22.0. The van der Waals surface area contributed by atoms with Gasteiger partial charge in [0.05, 0.1) is 29.6 Å². The number of amides is 1. The van der Waals surface area contributed by atoms with Crippen molar-refractivity contribution in [3.05, 3.63) is 59.0 Å². The molecule has 13 heteroatoms. The normalized spacial score (nSPS) is 17.5. The first kappa shape index (κ1) is 28.8. The van der Waals surface area contributed by atoms with Gasteiger partial charge in [-0.25, -0.2) is 4.98 Å². The van der Waals surface area contributed by atoms with Crippen LogP contribution < -0.4 is 10.2 Å². The van der Waals surface area contributed by atoms with Crippen molar-refractivity contribution in [3.63, 3.8) is 0 Å². The Labute approximate surface area is 247 Å². The summed E-state index contributed by atoms with van der Waals surface area (Å²) in [6, 6.07) is 6.39. The molecule has 5 heterocycles. The molecule has 3 aromatic heterocycles. The molecule has 1 atom stereocenters. The molecule has 1 fully saturated rings. The van der Waals surface area contributed by atoms with Crippen LogP contribution in [0.4, 0.5) is 24.8 Å². The summed E-state index contributed by atoms with van der Waals surface area (Å²) in [6.07, 6.45) is 0.795. The predicted octanol–water partition coefficient (Wildman–Crippen LogP) is 5.12. The van der Waals surface area contributed by atoms with Gasteiger partial charge in [-0.15, -0.1) is 10.2 Å². The largest absolute Gasteiger partial charge is 0.416 e. The standard InChI is InChI=1S/C30H34F3N9O/c1-5-34-25-11-20(27-22(13-36-40(27)4)28-38-35-17-39(28)3)12-26(37-25)42-16-23-21(29(42)43)9-19(10-24(23)30(31,32)33)15-41-8-6-7-18(2)14-41/h9-13,17-18H,5-8,14-16H2,1-4H3,(H,34,37)/t18-/m1/s1. The summed E-state index contributed by atoms with van der Waals surface area (Å²) in [7, 11) is 3.62. The van der Waals surface area contributed by atoms with Crippen LogP contribution in [0.25, 0.3) is 22.6 Å². The Morgan fingerprint density at radius 2 is 1.93 bits per heavy atom. The van der Waals surface area contributed by atoms with E-state index in [0.29, 0.717) is 53.0 Å². The molecule has 4 aromatic rings. The first-order chi connectivity index (χ1) is 20.5. The van der Waals surface area contributed by atoms with Gasteiger partial charge in [-0.1, -0.05) is 6.92 Å². The number of likely N-dealkylation sites (tertiary alicyclic amines) is 1. The van der Waals surface area contributed by atoms with E-state index in [1.807, 2.05) is 20.0 Å². The second-order valence-electron chi connectivity index (χ2n) is 11.5. The van der Waals surface area contributed by atoms with Crippen LogP contribution in [0.3, 0.4) is 0 Å². The number of carbonyl (C=O) groups excluding carboxylic acids is 1. The number of aryl methyl sites for hydroxylation is 2. The zero-order valence-electron chi connectivity index (χ0n) is 24.6. The maximum atomic E-state index is 14.4. The topological polar surface area (TPSA) is 97.0 Å². The number of halogens is 3. The Bertz CT molecular complexity index is 1680. The van der Waals surface area contributed by atoms with Gasteiger partial charge in [-0.3, -0.25) is 19.3 Å². The fourth-order valence-corrected chi connectivity index (χ4v) is 6.22. The third kappa shape index (κ3) is 5.49. The van der Waals surface area contributed by atoms with Gasteiger partial charge in [0, 0.05) is 44.9 Å². The highest BCUT2D eigenvalue weighted by molar-refractivity contribution is 6.10. The second kappa shape index (κ2) is 11.1. The Balaban J connectivity index is 1.41. The summed E-state index contributed by atoms with van der Waals surface area (Å²) in [5, 5.41) is 15.8. The average Bonchev–Trinajstić information content (AvgIpc) is 3.64. The molecule has 1 amide bonds. The molecule has 1 aromatic carbocycles. The molecular weight excluding hydrogens is 559 g/mol. The molecule has 0 spiro atoms. The molecule has 0 aliphatic carbocycles. The van der Waals surface area contributed by atoms with E-state index in [-0.39, 0.29) is 23.5 Å². The number of hydrogen-bond donors (Lipinski definition) is 1. The SMILES string of the molecule is CCNc1cc(-c2c(-c3nncn3C)cnn2C)cc(N2Cc3c(cc(CN4CCC[C@@H](C)C4)cc3C(F)(F)F)C2=O)n1. The number of hydrogen-bond acceptors (Lipinski definition) is 7. The molecular formula is C30H34F3N9O. The molecule has 0 saturated carbocycles. The quantitative estimate of drug-likeness (QED) is 0.318. The molecule has 1 saturated heterocycles. The Kier molecular flexibility index (Phi) is 7.45. The molecule has 10 nitrogen and oxygen atoms in total. The lowest BCUT2D eigenvalue weighted by Gasteiger charge is -2.31. The first-order valence-corrected chi connectivity index (χ1v) is 14.4. The number of pyridine rings is 1. The number of piperidine rings is 1. The highest BCUT2D eigenvalue weighted by atomic mass is 19.4. The smallest absolute Gasteiger partial charge is 0.370 e. The van der Waals surface area contributed by atoms with Gasteiger partial charge in [-0.2, -0.15) is 18.3 Å². The van der Waals surface area contributed by atoms with Crippen molar-refractivity contribution in [2.24, 2.45) is 20.0 Å². The number of alkyl halides is 3. The number of aromatic nitrogens is 6. The van der Waals surface area contributed by atoms with Crippen molar-refractivity contribution < 1.29 is 18.0 Å². The van der Waals surface area contributed by atoms with Crippen molar-refractivity contribution in [2.45, 2.75) is 46.0 Å². The third-order valence-corrected chi connectivity index (χ3v) is 8.16. The molecule has 2 aliphatic heterocycles. The summed E-state index contributed by atoms with van der Waals surface area (Å²) in [5.74, 6) is 1.32. The molecule has 2 aliphatic rings. The van der Waals surface area contributed by atoms with E-state index >= 15 is 0 Å². The number of rotatable bonds is 7. The van der Waals surface area contributed by atoms with Crippen molar-refractivity contribution in [1.82, 2.24) is 34.4 Å². The van der Waals surface area contributed by atoms with Crippen LogP contribution >= 0.6 is 0 Å². The van der Waals surface area contributed by atoms with Crippen LogP contribution in [0.5, 0.6) is 0 Å². The number of nitrogens with one attached hydrogen (secondary N) is 1. The molecule has 6 rings (SSSR count). The van der Waals surface area contributed by atoms with Crippen LogP contribution in [0.2, 0.25) is 0 Å². The maximum absolute atomic E-state index is 14.4. The average molecular weight is 594 g/mol. The molecule has 0 unspecified atom stereocenters. The summed E-state index contributed by atoms with van der Waals surface area (Å²) in [6.45, 7) is 6.43. The van der Waals surface area contributed by atoms with Gasteiger partial charge in [0.15, 0.2) is 5.82 Å². The van der Waals surface area contributed by atoms with Crippen molar-refractivity contribution in [2.75, 3.05) is 29.9 Å². The van der Waals surface area contributed by atoms with Gasteiger partial charge < -0.3 is 9.88 Å². The van der Waals surface area contributed by atoms with Gasteiger partial charge in [0.25, 0.3) is 5.91 Å². The zero-order valence-corrected chi connectivity index (χ0v) is 24.6. The van der Waals surface area contributed by atoms with Gasteiger partial charge in [0.1, 0.15) is 18.0 Å². The van der Waals surface area contributed by atoms with E-state index in [1.165, 1.54) is 11.0 Å². The lowest BCUT2D eigenvalue weighted by Crippen LogP contribution is -2.33. The Morgan fingerprint density at radius 1 is 1.12 bits per heavy atom. The molecule has 0 radical (unpaired) electrons. The minimum atomic E-state index is -4.60. The van der Waals surface area contributed by atoms with Crippen LogP contribution in [0.1, 0.15) is 53.7 Å². The minimum absolute atomic E-state index is 0.0224. The third-order valence-electron chi connectivity index (χ3n) is 8.16. The number of nitrogens with zero attached hydrogens (tertiary/aromatic N) is 8. The van der Waals surface area contributed by atoms with Crippen LogP contribution in [-0.4, -0.2) is 60.0 Å². The molecule has 0 bridgehead atoms. The first-order valence-electron chi connectivity index (χ1n) is 14.4. The zero-order chi connectivity index (χ0) is 30.5. The van der Waals surface area contributed by atoms with Crippen molar-refractivity contribution in [3.8, 4) is 22.6 Å². The van der Waals surface area contributed by atoms with E-state index < -0.39 is 17.6 Å².